The van der Waals surface area contributed by atoms with Gasteiger partial charge in [-0.25, -0.2) is 4.39 Å². The first-order valence-corrected chi connectivity index (χ1v) is 13.1. The molecule has 7 heteroatoms. The van der Waals surface area contributed by atoms with Crippen molar-refractivity contribution in [2.24, 2.45) is 0 Å². The van der Waals surface area contributed by atoms with Crippen molar-refractivity contribution in [1.29, 1.82) is 0 Å². The monoisotopic (exact) mass is 522 g/mol. The van der Waals surface area contributed by atoms with Crippen LogP contribution in [0.4, 0.5) is 4.39 Å². The lowest BCUT2D eigenvalue weighted by atomic mass is 9.94. The summed E-state index contributed by atoms with van der Waals surface area (Å²) >= 11 is 6.05. The number of amides is 2. The summed E-state index contributed by atoms with van der Waals surface area (Å²) in [5.41, 5.74) is 1.25. The zero-order valence-electron chi connectivity index (χ0n) is 20.7. The van der Waals surface area contributed by atoms with E-state index in [9.17, 15) is 14.0 Å². The highest BCUT2D eigenvalue weighted by Crippen LogP contribution is 2.21. The Morgan fingerprint density at radius 3 is 2.43 bits per heavy atom. The Bertz CT molecular complexity index is 1180. The van der Waals surface area contributed by atoms with Crippen LogP contribution in [0, 0.1) is 5.82 Å². The fraction of sp³-hybridized carbons (Fsp3) is 0.333. The Morgan fingerprint density at radius 2 is 1.70 bits per heavy atom. The average Bonchev–Trinajstić information content (AvgIpc) is 2.91. The number of halogens is 2. The van der Waals surface area contributed by atoms with Gasteiger partial charge in [-0.05, 0) is 42.7 Å². The number of benzene rings is 3. The normalized spacial score (nSPS) is 14.5. The van der Waals surface area contributed by atoms with Gasteiger partial charge in [0.2, 0.25) is 5.91 Å². The maximum Gasteiger partial charge on any atom is 0.261 e. The molecule has 0 saturated heterocycles. The number of rotatable bonds is 10. The zero-order valence-corrected chi connectivity index (χ0v) is 21.5. The predicted octanol–water partition coefficient (Wildman–Crippen LogP) is 5.95. The molecule has 3 aromatic carbocycles. The van der Waals surface area contributed by atoms with E-state index in [-0.39, 0.29) is 25.1 Å². The molecule has 194 valence electrons. The first-order chi connectivity index (χ1) is 18.0. The molecular weight excluding hydrogens is 491 g/mol. The van der Waals surface area contributed by atoms with Gasteiger partial charge in [-0.3, -0.25) is 9.59 Å². The summed E-state index contributed by atoms with van der Waals surface area (Å²) in [6, 6.07) is 21.9. The van der Waals surface area contributed by atoms with E-state index in [1.54, 1.807) is 42.5 Å². The second kappa shape index (κ2) is 13.2. The number of hydrogen-bond donors (Lipinski definition) is 1. The largest absolute Gasteiger partial charge is 0.484 e. The molecule has 0 bridgehead atoms. The molecule has 0 aliphatic heterocycles. The molecule has 3 aromatic rings. The van der Waals surface area contributed by atoms with Crippen LogP contribution >= 0.6 is 11.6 Å². The van der Waals surface area contributed by atoms with Crippen LogP contribution in [0.2, 0.25) is 5.02 Å². The van der Waals surface area contributed by atoms with Crippen molar-refractivity contribution >= 4 is 23.4 Å². The molecule has 37 heavy (non-hydrogen) atoms. The van der Waals surface area contributed by atoms with Crippen LogP contribution in [0.5, 0.6) is 5.75 Å². The standard InChI is InChI=1S/C30H32ClFN2O3/c31-24-13-9-16-26(19-24)37-21-29(35)34(20-23-12-7-8-17-27(23)32)28(18-22-10-3-1-4-11-22)30(36)33-25-14-5-2-6-15-25/h1,3-4,7-13,16-17,19,25,28H,2,5-6,14-15,18,20-21H2,(H,33,36)/t28-/m0/s1. The van der Waals surface area contributed by atoms with Gasteiger partial charge in [0.25, 0.3) is 5.91 Å². The third kappa shape index (κ3) is 7.80. The van der Waals surface area contributed by atoms with Gasteiger partial charge in [0.15, 0.2) is 6.61 Å². The smallest absolute Gasteiger partial charge is 0.261 e. The van der Waals surface area contributed by atoms with Gasteiger partial charge in [0.05, 0.1) is 0 Å². The summed E-state index contributed by atoms with van der Waals surface area (Å²) in [6.45, 7) is -0.364. The van der Waals surface area contributed by atoms with Gasteiger partial charge in [0, 0.05) is 29.6 Å². The fourth-order valence-electron chi connectivity index (χ4n) is 4.69. The molecule has 1 aliphatic carbocycles. The Balaban J connectivity index is 1.62. The van der Waals surface area contributed by atoms with Crippen molar-refractivity contribution in [3.8, 4) is 5.75 Å². The quantitative estimate of drug-likeness (QED) is 0.358. The topological polar surface area (TPSA) is 58.6 Å². The van der Waals surface area contributed by atoms with Crippen LogP contribution in [-0.4, -0.2) is 35.4 Å². The van der Waals surface area contributed by atoms with E-state index < -0.39 is 17.8 Å². The number of hydrogen-bond acceptors (Lipinski definition) is 3. The SMILES string of the molecule is O=C(NC1CCCCC1)[C@H](Cc1ccccc1)N(Cc1ccccc1F)C(=O)COc1cccc(Cl)c1. The lowest BCUT2D eigenvalue weighted by Gasteiger charge is -2.33. The third-order valence-corrected chi connectivity index (χ3v) is 6.91. The van der Waals surface area contributed by atoms with Crippen LogP contribution in [0.3, 0.4) is 0 Å². The molecule has 5 nitrogen and oxygen atoms in total. The molecule has 0 aromatic heterocycles. The van der Waals surface area contributed by atoms with E-state index in [0.29, 0.717) is 22.8 Å². The van der Waals surface area contributed by atoms with Gasteiger partial charge >= 0.3 is 0 Å². The molecule has 0 spiro atoms. The van der Waals surface area contributed by atoms with E-state index in [4.69, 9.17) is 16.3 Å². The third-order valence-electron chi connectivity index (χ3n) is 6.68. The van der Waals surface area contributed by atoms with Crippen molar-refractivity contribution in [2.75, 3.05) is 6.61 Å². The Labute approximate surface area is 222 Å². The molecular formula is C30H32ClFN2O3. The number of nitrogens with zero attached hydrogens (tertiary/aromatic N) is 1. The van der Waals surface area contributed by atoms with Gasteiger partial charge in [-0.1, -0.05) is 85.5 Å². The molecule has 0 unspecified atom stereocenters. The maximum atomic E-state index is 14.7. The molecule has 4 rings (SSSR count). The zero-order chi connectivity index (χ0) is 26.0. The summed E-state index contributed by atoms with van der Waals surface area (Å²) in [5.74, 6) is -0.633. The van der Waals surface area contributed by atoms with Gasteiger partial charge in [-0.2, -0.15) is 0 Å². The summed E-state index contributed by atoms with van der Waals surface area (Å²) in [4.78, 5) is 28.7. The lowest BCUT2D eigenvalue weighted by Crippen LogP contribution is -2.53. The van der Waals surface area contributed by atoms with Crippen molar-refractivity contribution < 1.29 is 18.7 Å². The van der Waals surface area contributed by atoms with E-state index in [1.807, 2.05) is 30.3 Å². The predicted molar refractivity (Wildman–Crippen MR) is 143 cm³/mol. The fourth-order valence-corrected chi connectivity index (χ4v) is 4.87. The summed E-state index contributed by atoms with van der Waals surface area (Å²) in [6.07, 6.45) is 5.44. The minimum absolute atomic E-state index is 0.0556. The number of ether oxygens (including phenoxy) is 1. The van der Waals surface area contributed by atoms with Crippen molar-refractivity contribution in [1.82, 2.24) is 10.2 Å². The van der Waals surface area contributed by atoms with E-state index >= 15 is 0 Å². The van der Waals surface area contributed by atoms with Crippen LogP contribution in [0.1, 0.15) is 43.2 Å². The Morgan fingerprint density at radius 1 is 0.973 bits per heavy atom. The minimum atomic E-state index is -0.834. The van der Waals surface area contributed by atoms with Crippen molar-refractivity contribution in [3.05, 3.63) is 101 Å². The summed E-state index contributed by atoms with van der Waals surface area (Å²) < 4.78 is 20.4. The van der Waals surface area contributed by atoms with Crippen molar-refractivity contribution in [2.45, 2.75) is 57.2 Å². The highest BCUT2D eigenvalue weighted by atomic mass is 35.5. The van der Waals surface area contributed by atoms with Gasteiger partial charge in [-0.15, -0.1) is 0 Å². The molecule has 1 N–H and O–H groups in total. The maximum absolute atomic E-state index is 14.7. The highest BCUT2D eigenvalue weighted by Gasteiger charge is 2.32. The van der Waals surface area contributed by atoms with E-state index in [1.165, 1.54) is 17.4 Å². The molecule has 2 amide bonds. The Hall–Kier alpha value is -3.38. The summed E-state index contributed by atoms with van der Waals surface area (Å²) in [7, 11) is 0. The van der Waals surface area contributed by atoms with Crippen LogP contribution in [-0.2, 0) is 22.6 Å². The highest BCUT2D eigenvalue weighted by molar-refractivity contribution is 6.30. The van der Waals surface area contributed by atoms with Gasteiger partial charge in [0.1, 0.15) is 17.6 Å². The lowest BCUT2D eigenvalue weighted by molar-refractivity contribution is -0.143. The van der Waals surface area contributed by atoms with Crippen LogP contribution in [0.25, 0.3) is 0 Å². The summed E-state index contributed by atoms with van der Waals surface area (Å²) in [5, 5.41) is 3.66. The molecule has 1 atom stereocenters. The van der Waals surface area contributed by atoms with Gasteiger partial charge < -0.3 is 15.0 Å². The first-order valence-electron chi connectivity index (χ1n) is 12.7. The Kier molecular flexibility index (Phi) is 9.55. The molecule has 0 radical (unpaired) electrons. The molecule has 0 heterocycles. The van der Waals surface area contributed by atoms with Crippen LogP contribution in [0.15, 0.2) is 78.9 Å². The number of carbonyl (C=O) groups excluding carboxylic acids is 2. The number of nitrogens with one attached hydrogen (secondary N) is 1. The first kappa shape index (κ1) is 26.7. The number of carbonyl (C=O) groups is 2. The second-order valence-corrected chi connectivity index (χ2v) is 9.84. The molecule has 1 fully saturated rings. The van der Waals surface area contributed by atoms with E-state index in [2.05, 4.69) is 5.32 Å². The molecule has 1 saturated carbocycles. The van der Waals surface area contributed by atoms with Crippen molar-refractivity contribution in [3.63, 3.8) is 0 Å². The molecule has 1 aliphatic rings. The minimum Gasteiger partial charge on any atom is -0.484 e. The van der Waals surface area contributed by atoms with Crippen LogP contribution < -0.4 is 10.1 Å². The second-order valence-electron chi connectivity index (χ2n) is 9.41. The average molecular weight is 523 g/mol. The van der Waals surface area contributed by atoms with E-state index in [0.717, 1.165) is 31.2 Å².